The third kappa shape index (κ3) is 4.57. The van der Waals surface area contributed by atoms with Gasteiger partial charge in [0.25, 0.3) is 5.56 Å². The lowest BCUT2D eigenvalue weighted by Crippen LogP contribution is -2.53. The van der Waals surface area contributed by atoms with Crippen LogP contribution in [0, 0.1) is 5.92 Å². The van der Waals surface area contributed by atoms with Crippen molar-refractivity contribution in [1.82, 2.24) is 4.57 Å². The quantitative estimate of drug-likeness (QED) is 0.445. The summed E-state index contributed by atoms with van der Waals surface area (Å²) < 4.78 is 13.7. The first-order valence-electron chi connectivity index (χ1n) is 11.1. The number of fused-ring (bicyclic) bond motifs is 1. The predicted octanol–water partition coefficient (Wildman–Crippen LogP) is 5.73. The summed E-state index contributed by atoms with van der Waals surface area (Å²) in [5, 5.41) is 1.01. The van der Waals surface area contributed by atoms with Crippen molar-refractivity contribution in [3.63, 3.8) is 0 Å². The summed E-state index contributed by atoms with van der Waals surface area (Å²) in [7, 11) is 1.79. The summed E-state index contributed by atoms with van der Waals surface area (Å²) in [6, 6.07) is 17.2. The van der Waals surface area contributed by atoms with Crippen molar-refractivity contribution in [2.45, 2.75) is 59.2 Å². The maximum Gasteiger partial charge on any atom is 0.309 e. The predicted molar refractivity (Wildman–Crippen MR) is 129 cm³/mol. The maximum atomic E-state index is 12.9. The van der Waals surface area contributed by atoms with Crippen LogP contribution in [0.5, 0.6) is 5.75 Å². The number of carbonyl (C=O) groups excluding carboxylic acids is 1. The molecule has 5 heteroatoms. The maximum absolute atomic E-state index is 12.9. The molecule has 2 aromatic carbocycles. The lowest BCUT2D eigenvalue weighted by atomic mass is 9.88. The number of esters is 1. The Labute approximate surface area is 190 Å². The number of ether oxygens (including phenoxy) is 2. The van der Waals surface area contributed by atoms with E-state index in [1.165, 1.54) is 0 Å². The average molecular weight is 436 g/mol. The van der Waals surface area contributed by atoms with E-state index in [9.17, 15) is 9.59 Å². The van der Waals surface area contributed by atoms with Gasteiger partial charge >= 0.3 is 5.97 Å². The molecule has 0 saturated heterocycles. The number of aromatic nitrogens is 1. The number of nitrogens with zero attached hydrogens (tertiary/aromatic N) is 1. The molecule has 1 unspecified atom stereocenters. The van der Waals surface area contributed by atoms with E-state index in [2.05, 4.69) is 0 Å². The molecular formula is C27H33NO4. The first-order valence-corrected chi connectivity index (χ1v) is 11.1. The van der Waals surface area contributed by atoms with Gasteiger partial charge in [0.05, 0.1) is 11.4 Å². The number of aryl methyl sites for hydroxylation is 1. The number of carbonyl (C=O) groups is 1. The zero-order valence-electron chi connectivity index (χ0n) is 20.1. The Morgan fingerprint density at radius 3 is 2.25 bits per heavy atom. The highest BCUT2D eigenvalue weighted by Gasteiger charge is 2.43. The second kappa shape index (κ2) is 8.81. The van der Waals surface area contributed by atoms with E-state index in [-0.39, 0.29) is 17.4 Å². The van der Waals surface area contributed by atoms with Crippen LogP contribution in [0.25, 0.3) is 22.0 Å². The van der Waals surface area contributed by atoms with Gasteiger partial charge in [0.15, 0.2) is 0 Å². The first kappa shape index (κ1) is 23.6. The minimum atomic E-state index is -0.833. The van der Waals surface area contributed by atoms with Crippen molar-refractivity contribution >= 4 is 16.9 Å². The monoisotopic (exact) mass is 435 g/mol. The summed E-state index contributed by atoms with van der Waals surface area (Å²) in [5.74, 6) is 0.259. The van der Waals surface area contributed by atoms with Gasteiger partial charge in [-0.05, 0) is 69.3 Å². The Balaban J connectivity index is 1.85. The molecule has 0 fully saturated rings. The minimum absolute atomic E-state index is 0.0456. The van der Waals surface area contributed by atoms with Crippen LogP contribution in [0.3, 0.4) is 0 Å². The Bertz CT molecular complexity index is 1170. The van der Waals surface area contributed by atoms with Crippen LogP contribution in [0.1, 0.15) is 48.0 Å². The smallest absolute Gasteiger partial charge is 0.309 e. The van der Waals surface area contributed by atoms with Gasteiger partial charge in [-0.15, -0.1) is 0 Å². The number of rotatable bonds is 7. The number of hydrogen-bond donors (Lipinski definition) is 0. The zero-order valence-corrected chi connectivity index (χ0v) is 20.1. The number of hydrogen-bond acceptors (Lipinski definition) is 4. The summed E-state index contributed by atoms with van der Waals surface area (Å²) in [6.07, 6.45) is 0.728. The molecule has 0 saturated carbocycles. The molecule has 170 valence electrons. The van der Waals surface area contributed by atoms with E-state index in [1.54, 1.807) is 11.6 Å². The van der Waals surface area contributed by atoms with Crippen molar-refractivity contribution in [3.8, 4) is 16.9 Å². The highest BCUT2D eigenvalue weighted by Crippen LogP contribution is 2.33. The second-order valence-electron chi connectivity index (χ2n) is 9.36. The third-order valence-corrected chi connectivity index (χ3v) is 6.49. The number of para-hydroxylation sites is 1. The van der Waals surface area contributed by atoms with Gasteiger partial charge < -0.3 is 14.0 Å². The highest BCUT2D eigenvalue weighted by atomic mass is 16.6. The van der Waals surface area contributed by atoms with Crippen LogP contribution in [0.15, 0.2) is 59.4 Å². The highest BCUT2D eigenvalue weighted by molar-refractivity contribution is 5.84. The molecule has 5 nitrogen and oxygen atoms in total. The van der Waals surface area contributed by atoms with Gasteiger partial charge in [0, 0.05) is 12.6 Å². The van der Waals surface area contributed by atoms with E-state index in [4.69, 9.17) is 9.47 Å². The zero-order chi connectivity index (χ0) is 23.7. The van der Waals surface area contributed by atoms with Crippen LogP contribution in [0.2, 0.25) is 0 Å². The molecule has 0 bridgehead atoms. The van der Waals surface area contributed by atoms with E-state index in [1.807, 2.05) is 96.1 Å². The van der Waals surface area contributed by atoms with E-state index in [0.717, 1.165) is 22.9 Å². The molecule has 0 aliphatic rings. The molecule has 1 heterocycles. The SMILES string of the molecule is CCC(C)C(=O)OC(C)(C)C(C)(C)Oc1ccc(-c2cc3ccccc3n(C)c2=O)cc1. The second-order valence-corrected chi connectivity index (χ2v) is 9.36. The molecule has 0 radical (unpaired) electrons. The fraction of sp³-hybridized carbons (Fsp3) is 0.407. The molecule has 0 aliphatic heterocycles. The van der Waals surface area contributed by atoms with Crippen molar-refractivity contribution in [2.24, 2.45) is 13.0 Å². The first-order chi connectivity index (χ1) is 15.0. The Morgan fingerprint density at radius 2 is 1.62 bits per heavy atom. The molecule has 3 aromatic rings. The van der Waals surface area contributed by atoms with Crippen molar-refractivity contribution in [2.75, 3.05) is 0 Å². The summed E-state index contributed by atoms with van der Waals surface area (Å²) in [5.41, 5.74) is 0.716. The van der Waals surface area contributed by atoms with Crippen molar-refractivity contribution in [1.29, 1.82) is 0 Å². The van der Waals surface area contributed by atoms with Gasteiger partial charge in [0.1, 0.15) is 17.0 Å². The van der Waals surface area contributed by atoms with E-state index < -0.39 is 11.2 Å². The number of benzene rings is 2. The van der Waals surface area contributed by atoms with Crippen LogP contribution >= 0.6 is 0 Å². The topological polar surface area (TPSA) is 57.5 Å². The Morgan fingerprint density at radius 1 is 1.00 bits per heavy atom. The lowest BCUT2D eigenvalue weighted by molar-refractivity contribution is -0.180. The fourth-order valence-electron chi connectivity index (χ4n) is 3.39. The largest absolute Gasteiger partial charge is 0.484 e. The van der Waals surface area contributed by atoms with Crippen LogP contribution in [-0.4, -0.2) is 21.7 Å². The molecule has 0 amide bonds. The molecule has 32 heavy (non-hydrogen) atoms. The van der Waals surface area contributed by atoms with Gasteiger partial charge in [-0.2, -0.15) is 0 Å². The van der Waals surface area contributed by atoms with Crippen molar-refractivity contribution in [3.05, 3.63) is 65.0 Å². The van der Waals surface area contributed by atoms with Crippen LogP contribution in [0.4, 0.5) is 0 Å². The molecule has 0 spiro atoms. The summed E-state index contributed by atoms with van der Waals surface area (Å²) >= 11 is 0. The minimum Gasteiger partial charge on any atom is -0.484 e. The van der Waals surface area contributed by atoms with Gasteiger partial charge in [-0.25, -0.2) is 0 Å². The lowest BCUT2D eigenvalue weighted by Gasteiger charge is -2.41. The molecule has 3 rings (SSSR count). The van der Waals surface area contributed by atoms with Crippen LogP contribution < -0.4 is 10.3 Å². The molecule has 1 atom stereocenters. The van der Waals surface area contributed by atoms with Gasteiger partial charge in [0.2, 0.25) is 0 Å². The van der Waals surface area contributed by atoms with Gasteiger partial charge in [-0.1, -0.05) is 44.2 Å². The molecule has 1 aromatic heterocycles. The summed E-state index contributed by atoms with van der Waals surface area (Å²) in [4.78, 5) is 25.2. The van der Waals surface area contributed by atoms with E-state index in [0.29, 0.717) is 11.3 Å². The Hall–Kier alpha value is -3.08. The van der Waals surface area contributed by atoms with E-state index >= 15 is 0 Å². The third-order valence-electron chi connectivity index (χ3n) is 6.49. The van der Waals surface area contributed by atoms with Crippen molar-refractivity contribution < 1.29 is 14.3 Å². The molecule has 0 N–H and O–H groups in total. The Kier molecular flexibility index (Phi) is 6.49. The summed E-state index contributed by atoms with van der Waals surface area (Å²) in [6.45, 7) is 11.4. The molecule has 0 aliphatic carbocycles. The molecular weight excluding hydrogens is 402 g/mol. The average Bonchev–Trinajstić information content (AvgIpc) is 2.75. The van der Waals surface area contributed by atoms with Crippen LogP contribution in [-0.2, 0) is 16.6 Å². The fourth-order valence-corrected chi connectivity index (χ4v) is 3.39. The van der Waals surface area contributed by atoms with Gasteiger partial charge in [-0.3, -0.25) is 9.59 Å². The normalized spacial score (nSPS) is 13.1. The number of pyridine rings is 1. The standard InChI is InChI=1S/C27H33NO4/c1-8-18(2)25(30)32-27(5,6)26(3,4)31-21-15-13-19(14-16-21)22-17-20-11-9-10-12-23(20)28(7)24(22)29/h9-18H,8H2,1-7H3.